The van der Waals surface area contributed by atoms with Crippen LogP contribution in [0.25, 0.3) is 0 Å². The van der Waals surface area contributed by atoms with Crippen LogP contribution in [-0.4, -0.2) is 41.7 Å². The number of ether oxygens (including phenoxy) is 1. The minimum Gasteiger partial charge on any atom is -0.484 e. The molecule has 1 N–H and O–H groups in total. The second-order valence-electron chi connectivity index (χ2n) is 7.47. The lowest BCUT2D eigenvalue weighted by atomic mass is 9.72. The molecule has 2 aromatic carbocycles. The molecule has 0 bridgehead atoms. The lowest BCUT2D eigenvalue weighted by molar-refractivity contribution is -0.135. The minimum atomic E-state index is -0.347. The largest absolute Gasteiger partial charge is 0.484 e. The molecule has 1 spiro atoms. The van der Waals surface area contributed by atoms with Crippen molar-refractivity contribution < 1.29 is 14.6 Å². The van der Waals surface area contributed by atoms with Crippen molar-refractivity contribution in [3.8, 4) is 5.75 Å². The van der Waals surface area contributed by atoms with E-state index in [2.05, 4.69) is 12.1 Å². The molecule has 1 atom stereocenters. The van der Waals surface area contributed by atoms with Crippen LogP contribution in [0.1, 0.15) is 29.5 Å². The fourth-order valence-corrected chi connectivity index (χ4v) is 4.47. The summed E-state index contributed by atoms with van der Waals surface area (Å²) in [7, 11) is 0. The van der Waals surface area contributed by atoms with E-state index in [-0.39, 0.29) is 24.0 Å². The normalized spacial score (nSPS) is 20.8. The van der Waals surface area contributed by atoms with Crippen molar-refractivity contribution in [1.82, 2.24) is 4.90 Å². The molecule has 136 valence electrons. The molecule has 1 amide bonds. The SMILES string of the molecule is Cc1ccccc1OCC(=O)N1CCC2(CC1)c1ccccc1CC2O. The van der Waals surface area contributed by atoms with Crippen LogP contribution in [-0.2, 0) is 16.6 Å². The van der Waals surface area contributed by atoms with Crippen LogP contribution < -0.4 is 4.74 Å². The number of aliphatic hydroxyl groups is 1. The van der Waals surface area contributed by atoms with Crippen LogP contribution in [0, 0.1) is 6.92 Å². The van der Waals surface area contributed by atoms with Crippen LogP contribution >= 0.6 is 0 Å². The number of amides is 1. The van der Waals surface area contributed by atoms with Crippen LogP contribution in [0.5, 0.6) is 5.75 Å². The van der Waals surface area contributed by atoms with Gasteiger partial charge in [-0.2, -0.15) is 0 Å². The van der Waals surface area contributed by atoms with Gasteiger partial charge in [0.2, 0.25) is 0 Å². The van der Waals surface area contributed by atoms with E-state index < -0.39 is 0 Å². The summed E-state index contributed by atoms with van der Waals surface area (Å²) in [5.41, 5.74) is 3.37. The predicted molar refractivity (Wildman–Crippen MR) is 100 cm³/mol. The number of aryl methyl sites for hydroxylation is 1. The van der Waals surface area contributed by atoms with Crippen LogP contribution in [0.15, 0.2) is 48.5 Å². The van der Waals surface area contributed by atoms with Crippen molar-refractivity contribution in [2.75, 3.05) is 19.7 Å². The highest BCUT2D eigenvalue weighted by Gasteiger charge is 2.47. The molecule has 1 saturated heterocycles. The van der Waals surface area contributed by atoms with Gasteiger partial charge in [0, 0.05) is 18.5 Å². The molecule has 4 nitrogen and oxygen atoms in total. The smallest absolute Gasteiger partial charge is 0.260 e. The average Bonchev–Trinajstić information content (AvgIpc) is 2.93. The Morgan fingerprint density at radius 2 is 1.85 bits per heavy atom. The van der Waals surface area contributed by atoms with E-state index in [4.69, 9.17) is 4.74 Å². The van der Waals surface area contributed by atoms with E-state index in [1.165, 1.54) is 11.1 Å². The standard InChI is InChI=1S/C22H25NO3/c1-16-6-2-5-9-19(16)26-15-21(25)23-12-10-22(11-13-23)18-8-4-3-7-17(18)14-20(22)24/h2-9,20,24H,10-15H2,1H3. The lowest BCUT2D eigenvalue weighted by Gasteiger charge is -2.42. The monoisotopic (exact) mass is 351 g/mol. The van der Waals surface area contributed by atoms with Crippen molar-refractivity contribution in [3.05, 3.63) is 65.2 Å². The maximum Gasteiger partial charge on any atom is 0.260 e. The van der Waals surface area contributed by atoms with Gasteiger partial charge in [0.15, 0.2) is 6.61 Å². The molecule has 0 aromatic heterocycles. The Morgan fingerprint density at radius 1 is 1.15 bits per heavy atom. The number of benzene rings is 2. The van der Waals surface area contributed by atoms with Crippen molar-refractivity contribution in [3.63, 3.8) is 0 Å². The van der Waals surface area contributed by atoms with Crippen molar-refractivity contribution >= 4 is 5.91 Å². The van der Waals surface area contributed by atoms with Crippen molar-refractivity contribution in [1.29, 1.82) is 0 Å². The zero-order valence-electron chi connectivity index (χ0n) is 15.1. The molecule has 26 heavy (non-hydrogen) atoms. The first-order valence-electron chi connectivity index (χ1n) is 9.33. The number of likely N-dealkylation sites (tertiary alicyclic amines) is 1. The Morgan fingerprint density at radius 3 is 2.62 bits per heavy atom. The average molecular weight is 351 g/mol. The van der Waals surface area contributed by atoms with Gasteiger partial charge in [-0.1, -0.05) is 42.5 Å². The highest BCUT2D eigenvalue weighted by molar-refractivity contribution is 5.78. The van der Waals surface area contributed by atoms with E-state index in [9.17, 15) is 9.90 Å². The summed E-state index contributed by atoms with van der Waals surface area (Å²) in [5.74, 6) is 0.776. The van der Waals surface area contributed by atoms with E-state index in [0.717, 1.165) is 30.6 Å². The van der Waals surface area contributed by atoms with Gasteiger partial charge in [-0.15, -0.1) is 0 Å². The number of carbonyl (C=O) groups excluding carboxylic acids is 1. The molecule has 1 aliphatic carbocycles. The van der Waals surface area contributed by atoms with Crippen molar-refractivity contribution in [2.24, 2.45) is 0 Å². The fraction of sp³-hybridized carbons (Fsp3) is 0.409. The number of hydrogen-bond acceptors (Lipinski definition) is 3. The van der Waals surface area contributed by atoms with Gasteiger partial charge in [0.05, 0.1) is 6.10 Å². The quantitative estimate of drug-likeness (QED) is 0.925. The van der Waals surface area contributed by atoms with Gasteiger partial charge in [0.25, 0.3) is 5.91 Å². The zero-order chi connectivity index (χ0) is 18.1. The van der Waals surface area contributed by atoms with E-state index in [1.807, 2.05) is 48.2 Å². The Balaban J connectivity index is 1.39. The molecule has 0 radical (unpaired) electrons. The van der Waals surface area contributed by atoms with Gasteiger partial charge in [0.1, 0.15) is 5.75 Å². The Bertz CT molecular complexity index is 809. The Labute approximate surface area is 154 Å². The summed E-state index contributed by atoms with van der Waals surface area (Å²) in [6, 6.07) is 16.1. The first kappa shape index (κ1) is 17.1. The molecule has 4 rings (SSSR count). The van der Waals surface area contributed by atoms with Gasteiger partial charge in [-0.3, -0.25) is 4.79 Å². The molecule has 1 heterocycles. The molecule has 1 fully saturated rings. The van der Waals surface area contributed by atoms with Crippen LogP contribution in [0.4, 0.5) is 0 Å². The minimum absolute atomic E-state index is 0.0175. The van der Waals surface area contributed by atoms with Gasteiger partial charge < -0.3 is 14.7 Å². The number of carbonyl (C=O) groups is 1. The summed E-state index contributed by atoms with van der Waals surface area (Å²) in [6.45, 7) is 3.38. The topological polar surface area (TPSA) is 49.8 Å². The summed E-state index contributed by atoms with van der Waals surface area (Å²) in [6.07, 6.45) is 1.99. The van der Waals surface area contributed by atoms with Gasteiger partial charge in [-0.05, 0) is 48.9 Å². The number of rotatable bonds is 3. The lowest BCUT2D eigenvalue weighted by Crippen LogP contribution is -2.50. The molecule has 1 unspecified atom stereocenters. The summed E-state index contributed by atoms with van der Waals surface area (Å²) >= 11 is 0. The molecule has 4 heteroatoms. The third-order valence-electron chi connectivity index (χ3n) is 6.06. The Kier molecular flexibility index (Phi) is 4.45. The molecule has 2 aliphatic rings. The Hall–Kier alpha value is -2.33. The zero-order valence-corrected chi connectivity index (χ0v) is 15.1. The summed E-state index contributed by atoms with van der Waals surface area (Å²) in [4.78, 5) is 14.4. The maximum atomic E-state index is 12.6. The number of nitrogens with zero attached hydrogens (tertiary/aromatic N) is 1. The van der Waals surface area contributed by atoms with Crippen LogP contribution in [0.3, 0.4) is 0 Å². The molecule has 0 saturated carbocycles. The first-order valence-corrected chi connectivity index (χ1v) is 9.33. The predicted octanol–water partition coefficient (Wildman–Crippen LogP) is 2.85. The number of piperidine rings is 1. The van der Waals surface area contributed by atoms with E-state index >= 15 is 0 Å². The summed E-state index contributed by atoms with van der Waals surface area (Å²) < 4.78 is 5.71. The maximum absolute atomic E-state index is 12.6. The van der Waals surface area contributed by atoms with E-state index in [1.54, 1.807) is 0 Å². The van der Waals surface area contributed by atoms with Crippen LogP contribution in [0.2, 0.25) is 0 Å². The fourth-order valence-electron chi connectivity index (χ4n) is 4.47. The highest BCUT2D eigenvalue weighted by Crippen LogP contribution is 2.46. The third kappa shape index (κ3) is 2.88. The van der Waals surface area contributed by atoms with Gasteiger partial charge >= 0.3 is 0 Å². The summed E-state index contributed by atoms with van der Waals surface area (Å²) in [5, 5.41) is 10.7. The molecular weight excluding hydrogens is 326 g/mol. The van der Waals surface area contributed by atoms with E-state index in [0.29, 0.717) is 13.1 Å². The first-order chi connectivity index (χ1) is 12.6. The molecule has 2 aromatic rings. The highest BCUT2D eigenvalue weighted by atomic mass is 16.5. The second kappa shape index (κ2) is 6.76. The van der Waals surface area contributed by atoms with Crippen molar-refractivity contribution in [2.45, 2.75) is 37.7 Å². The number of aliphatic hydroxyl groups excluding tert-OH is 1. The molecule has 1 aliphatic heterocycles. The second-order valence-corrected chi connectivity index (χ2v) is 7.47. The number of para-hydroxylation sites is 1. The number of fused-ring (bicyclic) bond motifs is 2. The molecular formula is C22H25NO3. The number of hydrogen-bond donors (Lipinski definition) is 1. The van der Waals surface area contributed by atoms with Gasteiger partial charge in [-0.25, -0.2) is 0 Å². The third-order valence-corrected chi connectivity index (χ3v) is 6.06.